The molecule has 186 valence electrons. The van der Waals surface area contributed by atoms with Crippen molar-refractivity contribution in [3.63, 3.8) is 0 Å². The van der Waals surface area contributed by atoms with Crippen molar-refractivity contribution < 1.29 is 27.2 Å². The number of carbonyl (C=O) groups excluding carboxylic acids is 2. The van der Waals surface area contributed by atoms with Crippen molar-refractivity contribution in [2.24, 2.45) is 0 Å². The number of urea groups is 1. The lowest BCUT2D eigenvalue weighted by atomic mass is 10.0. The summed E-state index contributed by atoms with van der Waals surface area (Å²) in [7, 11) is 0. The van der Waals surface area contributed by atoms with Gasteiger partial charge in [0.25, 0.3) is 5.91 Å². The van der Waals surface area contributed by atoms with Gasteiger partial charge in [-0.05, 0) is 42.8 Å². The van der Waals surface area contributed by atoms with Crippen LogP contribution in [0.15, 0.2) is 55.0 Å². The molecular weight excluding hydrogens is 482 g/mol. The zero-order chi connectivity index (χ0) is 26.0. The van der Waals surface area contributed by atoms with Crippen LogP contribution in [0.25, 0.3) is 16.6 Å². The van der Waals surface area contributed by atoms with Crippen LogP contribution < -0.4 is 21.7 Å². The molecule has 0 spiro atoms. The van der Waals surface area contributed by atoms with Gasteiger partial charge in [0.05, 0.1) is 16.8 Å². The van der Waals surface area contributed by atoms with Crippen LogP contribution in [0.2, 0.25) is 0 Å². The van der Waals surface area contributed by atoms with Crippen molar-refractivity contribution in [3.8, 4) is 11.1 Å². The van der Waals surface area contributed by atoms with Crippen LogP contribution in [0.5, 0.6) is 0 Å². The van der Waals surface area contributed by atoms with Gasteiger partial charge < -0.3 is 21.7 Å². The first-order valence-corrected chi connectivity index (χ1v) is 10.5. The van der Waals surface area contributed by atoms with Crippen LogP contribution >= 0.6 is 0 Å². The Morgan fingerprint density at radius 2 is 1.81 bits per heavy atom. The molecule has 4 aromatic rings. The maximum atomic E-state index is 13.9. The highest BCUT2D eigenvalue weighted by molar-refractivity contribution is 6.07. The van der Waals surface area contributed by atoms with Gasteiger partial charge >= 0.3 is 12.2 Å². The van der Waals surface area contributed by atoms with Crippen molar-refractivity contribution in [2.45, 2.75) is 13.1 Å². The van der Waals surface area contributed by atoms with E-state index in [1.165, 1.54) is 29.2 Å². The van der Waals surface area contributed by atoms with Gasteiger partial charge in [0.1, 0.15) is 17.7 Å². The lowest BCUT2D eigenvalue weighted by Gasteiger charge is -2.12. The molecule has 0 saturated carbocycles. The second kappa shape index (κ2) is 9.52. The molecule has 2 aromatic carbocycles. The molecule has 0 aliphatic carbocycles. The van der Waals surface area contributed by atoms with Crippen molar-refractivity contribution in [2.75, 3.05) is 22.9 Å². The summed E-state index contributed by atoms with van der Waals surface area (Å²) < 4.78 is 54.0. The second-order valence-corrected chi connectivity index (χ2v) is 7.56. The van der Waals surface area contributed by atoms with Crippen molar-refractivity contribution in [1.82, 2.24) is 19.9 Å². The molecule has 0 saturated heterocycles. The highest BCUT2D eigenvalue weighted by atomic mass is 19.4. The Hall–Kier alpha value is -4.68. The fraction of sp³-hybridized carbons (Fsp3) is 0.130. The molecule has 0 aliphatic heterocycles. The number of anilines is 3. The van der Waals surface area contributed by atoms with E-state index in [1.807, 2.05) is 0 Å². The van der Waals surface area contributed by atoms with Gasteiger partial charge in [0, 0.05) is 24.0 Å². The minimum Gasteiger partial charge on any atom is -0.382 e. The molecule has 9 nitrogen and oxygen atoms in total. The predicted octanol–water partition coefficient (Wildman–Crippen LogP) is 4.53. The molecule has 0 aliphatic rings. The average Bonchev–Trinajstić information content (AvgIpc) is 3.21. The Morgan fingerprint density at radius 1 is 1.08 bits per heavy atom. The number of benzene rings is 2. The fourth-order valence-corrected chi connectivity index (χ4v) is 3.56. The van der Waals surface area contributed by atoms with Gasteiger partial charge in [-0.2, -0.15) is 18.3 Å². The third-order valence-corrected chi connectivity index (χ3v) is 5.16. The molecule has 3 amide bonds. The molecule has 36 heavy (non-hydrogen) atoms. The number of rotatable bonds is 5. The summed E-state index contributed by atoms with van der Waals surface area (Å²) in [6.07, 6.45) is -1.91. The Bertz CT molecular complexity index is 1450. The van der Waals surface area contributed by atoms with E-state index in [0.29, 0.717) is 47.0 Å². The number of nitrogens with two attached hydrogens (primary N) is 1. The summed E-state index contributed by atoms with van der Waals surface area (Å²) in [5, 5.41) is 11.3. The van der Waals surface area contributed by atoms with Gasteiger partial charge in [-0.3, -0.25) is 4.79 Å². The number of aromatic nitrogens is 3. The van der Waals surface area contributed by atoms with E-state index >= 15 is 0 Å². The molecule has 2 heterocycles. The first-order chi connectivity index (χ1) is 17.1. The number of carbonyl (C=O) groups is 2. The van der Waals surface area contributed by atoms with Crippen molar-refractivity contribution in [3.05, 3.63) is 71.9 Å². The largest absolute Gasteiger partial charge is 0.416 e. The van der Waals surface area contributed by atoms with Gasteiger partial charge in [-0.1, -0.05) is 12.1 Å². The SMILES string of the molecule is CCNC(=O)c1cn2ncnc(N)c2c1-c1ccc(NC(=O)Nc2cc(C(F)(F)F)ccc2F)cc1. The molecule has 0 unspecified atom stereocenters. The molecule has 2 aromatic heterocycles. The number of nitrogen functional groups attached to an aromatic ring is 1. The minimum absolute atomic E-state index is 0.153. The van der Waals surface area contributed by atoms with Gasteiger partial charge in [0.2, 0.25) is 0 Å². The average molecular weight is 501 g/mol. The summed E-state index contributed by atoms with van der Waals surface area (Å²) in [5.41, 5.74) is 6.32. The van der Waals surface area contributed by atoms with Crippen LogP contribution in [-0.4, -0.2) is 33.1 Å². The van der Waals surface area contributed by atoms with E-state index in [9.17, 15) is 27.2 Å². The van der Waals surface area contributed by atoms with E-state index in [0.717, 1.165) is 0 Å². The minimum atomic E-state index is -4.69. The monoisotopic (exact) mass is 501 g/mol. The quantitative estimate of drug-likeness (QED) is 0.299. The van der Waals surface area contributed by atoms with E-state index in [2.05, 4.69) is 26.0 Å². The molecule has 5 N–H and O–H groups in total. The number of hydrogen-bond acceptors (Lipinski definition) is 5. The zero-order valence-electron chi connectivity index (χ0n) is 18.7. The number of fused-ring (bicyclic) bond motifs is 1. The molecule has 13 heteroatoms. The smallest absolute Gasteiger partial charge is 0.382 e. The molecular formula is C23H19F4N7O2. The number of halogens is 4. The van der Waals surface area contributed by atoms with Crippen LogP contribution in [0.4, 0.5) is 39.5 Å². The topological polar surface area (TPSA) is 126 Å². The number of amides is 3. The Balaban J connectivity index is 1.59. The lowest BCUT2D eigenvalue weighted by molar-refractivity contribution is -0.137. The maximum absolute atomic E-state index is 13.9. The summed E-state index contributed by atoms with van der Waals surface area (Å²) in [6, 6.07) is 6.97. The van der Waals surface area contributed by atoms with E-state index < -0.39 is 29.3 Å². The van der Waals surface area contributed by atoms with Gasteiger partial charge in [-0.25, -0.2) is 18.7 Å². The highest BCUT2D eigenvalue weighted by Crippen LogP contribution is 2.34. The maximum Gasteiger partial charge on any atom is 0.416 e. The third kappa shape index (κ3) is 4.89. The summed E-state index contributed by atoms with van der Waals surface area (Å²) in [5.74, 6) is -1.21. The van der Waals surface area contributed by atoms with Crippen LogP contribution in [0, 0.1) is 5.82 Å². The van der Waals surface area contributed by atoms with Crippen LogP contribution in [0.1, 0.15) is 22.8 Å². The van der Waals surface area contributed by atoms with E-state index in [1.54, 1.807) is 19.1 Å². The van der Waals surface area contributed by atoms with Gasteiger partial charge in [0.15, 0.2) is 5.82 Å². The molecule has 0 atom stereocenters. The number of alkyl halides is 3. The molecule has 4 rings (SSSR count). The predicted molar refractivity (Wildman–Crippen MR) is 125 cm³/mol. The molecule has 0 fully saturated rings. The lowest BCUT2D eigenvalue weighted by Crippen LogP contribution is -2.22. The first-order valence-electron chi connectivity index (χ1n) is 10.5. The fourth-order valence-electron chi connectivity index (χ4n) is 3.56. The Labute approximate surface area is 201 Å². The molecule has 0 bridgehead atoms. The number of hydrogen-bond donors (Lipinski definition) is 4. The van der Waals surface area contributed by atoms with Crippen LogP contribution in [0.3, 0.4) is 0 Å². The summed E-state index contributed by atoms with van der Waals surface area (Å²) in [4.78, 5) is 28.9. The summed E-state index contributed by atoms with van der Waals surface area (Å²) >= 11 is 0. The second-order valence-electron chi connectivity index (χ2n) is 7.56. The zero-order valence-corrected chi connectivity index (χ0v) is 18.7. The van der Waals surface area contributed by atoms with E-state index in [4.69, 9.17) is 5.73 Å². The Kier molecular flexibility index (Phi) is 6.47. The summed E-state index contributed by atoms with van der Waals surface area (Å²) in [6.45, 7) is 2.17. The Morgan fingerprint density at radius 3 is 2.47 bits per heavy atom. The highest BCUT2D eigenvalue weighted by Gasteiger charge is 2.31. The molecule has 0 radical (unpaired) electrons. The van der Waals surface area contributed by atoms with Crippen LogP contribution in [-0.2, 0) is 6.18 Å². The third-order valence-electron chi connectivity index (χ3n) is 5.16. The number of nitrogens with one attached hydrogen (secondary N) is 3. The van der Waals surface area contributed by atoms with Crippen molar-refractivity contribution in [1.29, 1.82) is 0 Å². The van der Waals surface area contributed by atoms with Crippen molar-refractivity contribution >= 4 is 34.6 Å². The van der Waals surface area contributed by atoms with Gasteiger partial charge in [-0.15, -0.1) is 0 Å². The van der Waals surface area contributed by atoms with E-state index in [-0.39, 0.29) is 17.4 Å². The standard InChI is InChI=1S/C23H19F4N7O2/c1-2-29-21(35)15-10-34-19(20(28)30-11-31-34)18(15)12-3-6-14(7-4-12)32-22(36)33-17-9-13(23(25,26)27)5-8-16(17)24/h3-11H,2H2,1H3,(H,29,35)(H2,28,30,31)(H2,32,33,36). The number of nitrogens with zero attached hydrogens (tertiary/aromatic N) is 3. The normalized spacial score (nSPS) is 11.4. The first kappa shape index (κ1) is 24.4.